The molecule has 29 heavy (non-hydrogen) atoms. The van der Waals surface area contributed by atoms with E-state index in [0.29, 0.717) is 24.1 Å². The van der Waals surface area contributed by atoms with E-state index in [-0.39, 0.29) is 5.82 Å². The fourth-order valence-corrected chi connectivity index (χ4v) is 3.54. The fraction of sp³-hybridized carbons (Fsp3) is 0.429. The van der Waals surface area contributed by atoms with Crippen LogP contribution in [0.4, 0.5) is 16.0 Å². The maximum atomic E-state index is 13.0. The molecule has 1 aromatic carbocycles. The first-order chi connectivity index (χ1) is 14.2. The summed E-state index contributed by atoms with van der Waals surface area (Å²) in [5, 5.41) is 7.31. The second kappa shape index (κ2) is 8.98. The van der Waals surface area contributed by atoms with Crippen molar-refractivity contribution >= 4 is 11.6 Å². The van der Waals surface area contributed by atoms with E-state index in [0.717, 1.165) is 43.3 Å². The van der Waals surface area contributed by atoms with Gasteiger partial charge in [-0.25, -0.2) is 14.4 Å². The van der Waals surface area contributed by atoms with Crippen LogP contribution >= 0.6 is 0 Å². The van der Waals surface area contributed by atoms with Crippen LogP contribution in [0.15, 0.2) is 41.2 Å². The molecule has 8 heteroatoms. The van der Waals surface area contributed by atoms with E-state index in [1.54, 1.807) is 18.5 Å². The van der Waals surface area contributed by atoms with E-state index in [1.165, 1.54) is 25.0 Å². The van der Waals surface area contributed by atoms with Crippen LogP contribution in [0.25, 0.3) is 11.4 Å². The number of anilines is 2. The molecule has 1 fully saturated rings. The zero-order valence-corrected chi connectivity index (χ0v) is 16.5. The average molecular weight is 396 g/mol. The number of piperidine rings is 1. The average Bonchev–Trinajstić information content (AvgIpc) is 3.21. The van der Waals surface area contributed by atoms with Crippen LogP contribution in [0.1, 0.15) is 32.1 Å². The number of hydrogen-bond donors (Lipinski definition) is 1. The van der Waals surface area contributed by atoms with E-state index in [1.807, 2.05) is 6.07 Å². The molecule has 1 aliphatic rings. The Morgan fingerprint density at radius 2 is 2.10 bits per heavy atom. The second-order valence-corrected chi connectivity index (χ2v) is 7.50. The topological polar surface area (TPSA) is 80.0 Å². The van der Waals surface area contributed by atoms with Gasteiger partial charge in [0.1, 0.15) is 23.8 Å². The molecule has 0 aliphatic carbocycles. The lowest BCUT2D eigenvalue weighted by atomic mass is 10.0. The van der Waals surface area contributed by atoms with Crippen LogP contribution < -0.4 is 10.2 Å². The van der Waals surface area contributed by atoms with Crippen LogP contribution in [0.2, 0.25) is 0 Å². The number of halogens is 1. The van der Waals surface area contributed by atoms with E-state index < -0.39 is 0 Å². The Kier molecular flexibility index (Phi) is 5.97. The Morgan fingerprint density at radius 3 is 2.93 bits per heavy atom. The van der Waals surface area contributed by atoms with Gasteiger partial charge in [-0.15, -0.1) is 0 Å². The molecule has 1 atom stereocenters. The molecule has 1 N–H and O–H groups in total. The van der Waals surface area contributed by atoms with Gasteiger partial charge in [0.15, 0.2) is 0 Å². The number of nitrogens with one attached hydrogen (secondary N) is 1. The van der Waals surface area contributed by atoms with Gasteiger partial charge >= 0.3 is 0 Å². The number of hydrogen-bond acceptors (Lipinski definition) is 7. The Balaban J connectivity index is 1.27. The number of nitrogens with zero attached hydrogens (tertiary/aromatic N) is 5. The van der Waals surface area contributed by atoms with E-state index in [4.69, 9.17) is 4.52 Å². The number of aryl methyl sites for hydroxylation is 1. The summed E-state index contributed by atoms with van der Waals surface area (Å²) in [5.74, 6) is 3.26. The third-order valence-corrected chi connectivity index (χ3v) is 5.08. The standard InChI is InChI=1S/C21H25FN6O/c1-15-4-3-11-28(13-15)19-12-18(24-14-25-19)23-10-2-5-20-26-21(27-29-20)16-6-8-17(22)9-7-16/h6-9,12,14-15H,2-5,10-11,13H2,1H3,(H,23,24,25). The third-order valence-electron chi connectivity index (χ3n) is 5.08. The molecule has 2 aromatic heterocycles. The van der Waals surface area contributed by atoms with Gasteiger partial charge in [-0.1, -0.05) is 12.1 Å². The first-order valence-electron chi connectivity index (χ1n) is 10.1. The molecule has 0 radical (unpaired) electrons. The predicted molar refractivity (Wildman–Crippen MR) is 109 cm³/mol. The molecule has 0 bridgehead atoms. The first-order valence-corrected chi connectivity index (χ1v) is 10.1. The Morgan fingerprint density at radius 1 is 1.24 bits per heavy atom. The zero-order valence-electron chi connectivity index (χ0n) is 16.5. The Bertz CT molecular complexity index is 929. The van der Waals surface area contributed by atoms with Crippen molar-refractivity contribution in [2.75, 3.05) is 29.9 Å². The lowest BCUT2D eigenvalue weighted by Crippen LogP contribution is -2.34. The number of rotatable bonds is 7. The highest BCUT2D eigenvalue weighted by Gasteiger charge is 2.18. The summed E-state index contributed by atoms with van der Waals surface area (Å²) < 4.78 is 18.3. The SMILES string of the molecule is CC1CCCN(c2cc(NCCCc3nc(-c4ccc(F)cc4)no3)ncn2)C1. The van der Waals surface area contributed by atoms with Gasteiger partial charge in [-0.3, -0.25) is 0 Å². The molecule has 0 spiro atoms. The highest BCUT2D eigenvalue weighted by Crippen LogP contribution is 2.22. The normalized spacial score (nSPS) is 16.8. The molecule has 0 saturated carbocycles. The maximum absolute atomic E-state index is 13.0. The smallest absolute Gasteiger partial charge is 0.227 e. The van der Waals surface area contributed by atoms with Crippen LogP contribution in [0.5, 0.6) is 0 Å². The molecular weight excluding hydrogens is 371 g/mol. The number of aromatic nitrogens is 4. The van der Waals surface area contributed by atoms with Crippen molar-refractivity contribution in [1.29, 1.82) is 0 Å². The molecule has 4 rings (SSSR count). The van der Waals surface area contributed by atoms with Crippen molar-refractivity contribution in [2.45, 2.75) is 32.6 Å². The zero-order chi connectivity index (χ0) is 20.1. The van der Waals surface area contributed by atoms with Crippen LogP contribution in [-0.4, -0.2) is 39.7 Å². The van der Waals surface area contributed by atoms with Crippen LogP contribution in [0.3, 0.4) is 0 Å². The maximum Gasteiger partial charge on any atom is 0.227 e. The van der Waals surface area contributed by atoms with Crippen molar-refractivity contribution in [1.82, 2.24) is 20.1 Å². The first kappa shape index (κ1) is 19.3. The van der Waals surface area contributed by atoms with E-state index >= 15 is 0 Å². The second-order valence-electron chi connectivity index (χ2n) is 7.50. The summed E-state index contributed by atoms with van der Waals surface area (Å²) in [7, 11) is 0. The minimum atomic E-state index is -0.286. The van der Waals surface area contributed by atoms with Crippen molar-refractivity contribution in [2.24, 2.45) is 5.92 Å². The highest BCUT2D eigenvalue weighted by molar-refractivity contribution is 5.53. The molecule has 1 aliphatic heterocycles. The quantitative estimate of drug-likeness (QED) is 0.606. The predicted octanol–water partition coefficient (Wildman–Crippen LogP) is 3.95. The minimum absolute atomic E-state index is 0.286. The monoisotopic (exact) mass is 396 g/mol. The molecular formula is C21H25FN6O. The number of benzene rings is 1. The highest BCUT2D eigenvalue weighted by atomic mass is 19.1. The summed E-state index contributed by atoms with van der Waals surface area (Å²) in [6.07, 6.45) is 5.58. The van der Waals surface area contributed by atoms with Crippen molar-refractivity contribution in [3.63, 3.8) is 0 Å². The molecule has 3 aromatic rings. The van der Waals surface area contributed by atoms with Crippen molar-refractivity contribution < 1.29 is 8.91 Å². The molecule has 0 amide bonds. The van der Waals surface area contributed by atoms with Gasteiger partial charge < -0.3 is 14.7 Å². The molecule has 152 valence electrons. The molecule has 7 nitrogen and oxygen atoms in total. The summed E-state index contributed by atoms with van der Waals surface area (Å²) in [6.45, 7) is 5.12. The molecule has 1 saturated heterocycles. The summed E-state index contributed by atoms with van der Waals surface area (Å²) in [4.78, 5) is 15.5. The summed E-state index contributed by atoms with van der Waals surface area (Å²) in [5.41, 5.74) is 0.736. The summed E-state index contributed by atoms with van der Waals surface area (Å²) in [6, 6.07) is 8.06. The van der Waals surface area contributed by atoms with Gasteiger partial charge in [0.2, 0.25) is 11.7 Å². The van der Waals surface area contributed by atoms with Crippen LogP contribution in [-0.2, 0) is 6.42 Å². The minimum Gasteiger partial charge on any atom is -0.370 e. The van der Waals surface area contributed by atoms with E-state index in [9.17, 15) is 4.39 Å². The van der Waals surface area contributed by atoms with Gasteiger partial charge in [0, 0.05) is 37.7 Å². The third kappa shape index (κ3) is 5.07. The van der Waals surface area contributed by atoms with E-state index in [2.05, 4.69) is 37.2 Å². The lowest BCUT2D eigenvalue weighted by Gasteiger charge is -2.31. The Labute approximate surface area is 169 Å². The lowest BCUT2D eigenvalue weighted by molar-refractivity contribution is 0.377. The van der Waals surface area contributed by atoms with Gasteiger partial charge in [-0.2, -0.15) is 4.98 Å². The van der Waals surface area contributed by atoms with Crippen molar-refractivity contribution in [3.05, 3.63) is 48.4 Å². The molecule has 1 unspecified atom stereocenters. The van der Waals surface area contributed by atoms with Gasteiger partial charge in [0.05, 0.1) is 0 Å². The Hall–Kier alpha value is -3.03. The largest absolute Gasteiger partial charge is 0.370 e. The van der Waals surface area contributed by atoms with Crippen molar-refractivity contribution in [3.8, 4) is 11.4 Å². The van der Waals surface area contributed by atoms with Gasteiger partial charge in [0.25, 0.3) is 0 Å². The summed E-state index contributed by atoms with van der Waals surface area (Å²) >= 11 is 0. The molecule has 3 heterocycles. The van der Waals surface area contributed by atoms with Gasteiger partial charge in [-0.05, 0) is 49.4 Å². The van der Waals surface area contributed by atoms with Crippen LogP contribution in [0, 0.1) is 11.7 Å². The fourth-order valence-electron chi connectivity index (χ4n) is 3.54.